The Morgan fingerprint density at radius 1 is 0.961 bits per heavy atom. The topological polar surface area (TPSA) is 144 Å². The van der Waals surface area contributed by atoms with E-state index in [-0.39, 0.29) is 17.5 Å². The van der Waals surface area contributed by atoms with Gasteiger partial charge in [0.15, 0.2) is 15.5 Å². The maximum absolute atomic E-state index is 14.1. The van der Waals surface area contributed by atoms with Crippen molar-refractivity contribution in [2.75, 3.05) is 48.8 Å². The molecule has 270 valence electrons. The van der Waals surface area contributed by atoms with E-state index in [0.29, 0.717) is 61.3 Å². The van der Waals surface area contributed by atoms with Gasteiger partial charge in [0, 0.05) is 56.5 Å². The number of benzene rings is 2. The van der Waals surface area contributed by atoms with Crippen LogP contribution in [0.5, 0.6) is 0 Å². The molecule has 1 saturated heterocycles. The number of aromatic nitrogens is 5. The Balaban J connectivity index is 1.54. The van der Waals surface area contributed by atoms with Crippen molar-refractivity contribution in [3.8, 4) is 11.1 Å². The van der Waals surface area contributed by atoms with Gasteiger partial charge in [0.1, 0.15) is 17.2 Å². The van der Waals surface area contributed by atoms with Crippen LogP contribution in [-0.2, 0) is 32.9 Å². The predicted octanol–water partition coefficient (Wildman–Crippen LogP) is 5.52. The van der Waals surface area contributed by atoms with Crippen molar-refractivity contribution in [3.63, 3.8) is 0 Å². The molecule has 2 aromatic carbocycles. The maximum atomic E-state index is 14.1. The molecule has 4 heterocycles. The van der Waals surface area contributed by atoms with Crippen LogP contribution in [0.2, 0.25) is 0 Å². The van der Waals surface area contributed by atoms with Crippen molar-refractivity contribution in [2.45, 2.75) is 58.6 Å². The zero-order valence-electron chi connectivity index (χ0n) is 30.3. The van der Waals surface area contributed by atoms with E-state index in [9.17, 15) is 18.0 Å². The summed E-state index contributed by atoms with van der Waals surface area (Å²) in [5.74, 6) is 0.967. The highest BCUT2D eigenvalue weighted by atomic mass is 32.2. The van der Waals surface area contributed by atoms with Gasteiger partial charge in [-0.15, -0.1) is 0 Å². The summed E-state index contributed by atoms with van der Waals surface area (Å²) in [6.07, 6.45) is 0.152. The van der Waals surface area contributed by atoms with Crippen LogP contribution >= 0.6 is 0 Å². The van der Waals surface area contributed by atoms with Gasteiger partial charge < -0.3 is 19.3 Å². The zero-order valence-corrected chi connectivity index (χ0v) is 31.1. The van der Waals surface area contributed by atoms with Crippen LogP contribution in [0, 0.1) is 13.8 Å². The van der Waals surface area contributed by atoms with E-state index in [2.05, 4.69) is 16.1 Å². The molecule has 0 saturated carbocycles. The Labute approximate surface area is 297 Å². The van der Waals surface area contributed by atoms with Crippen molar-refractivity contribution in [1.29, 1.82) is 0 Å². The summed E-state index contributed by atoms with van der Waals surface area (Å²) in [5.41, 5.74) is 4.53. The molecule has 6 rings (SSSR count). The molecule has 14 nitrogen and oxygen atoms in total. The number of amides is 2. The third kappa shape index (κ3) is 7.34. The van der Waals surface area contributed by atoms with E-state index >= 15 is 0 Å². The fraction of sp³-hybridized carbons (Fsp3) is 0.417. The second kappa shape index (κ2) is 13.5. The fourth-order valence-electron chi connectivity index (χ4n) is 6.33. The van der Waals surface area contributed by atoms with Crippen LogP contribution in [0.1, 0.15) is 44.6 Å². The molecular weight excluding hydrogens is 673 g/mol. The lowest BCUT2D eigenvalue weighted by Crippen LogP contribution is -2.49. The van der Waals surface area contributed by atoms with Crippen LogP contribution in [0.4, 0.5) is 21.2 Å². The monoisotopic (exact) mass is 716 g/mol. The number of carbonyl (C=O) groups is 2. The first-order valence-corrected chi connectivity index (χ1v) is 18.7. The van der Waals surface area contributed by atoms with Gasteiger partial charge >= 0.3 is 12.2 Å². The molecule has 5 aromatic rings. The van der Waals surface area contributed by atoms with Crippen molar-refractivity contribution in [1.82, 2.24) is 29.3 Å². The number of hydrogen-bond acceptors (Lipinski definition) is 10. The highest BCUT2D eigenvalue weighted by molar-refractivity contribution is 7.90. The average molecular weight is 717 g/mol. The zero-order chi connectivity index (χ0) is 36.8. The molecule has 1 fully saturated rings. The number of piperazine rings is 1. The molecule has 0 atom stereocenters. The summed E-state index contributed by atoms with van der Waals surface area (Å²) in [5, 5.41) is 10.5. The molecular formula is C36H44N8O6S. The van der Waals surface area contributed by atoms with E-state index in [1.165, 1.54) is 11.0 Å². The van der Waals surface area contributed by atoms with E-state index in [1.807, 2.05) is 37.7 Å². The number of sulfone groups is 1. The van der Waals surface area contributed by atoms with Gasteiger partial charge in [-0.3, -0.25) is 9.58 Å². The second-order valence-electron chi connectivity index (χ2n) is 13.8. The molecule has 0 radical (unpaired) electrons. The predicted molar refractivity (Wildman–Crippen MR) is 195 cm³/mol. The highest BCUT2D eigenvalue weighted by Gasteiger charge is 2.30. The number of fused-ring (bicyclic) bond motifs is 2. The third-order valence-electron chi connectivity index (χ3n) is 8.74. The van der Waals surface area contributed by atoms with Gasteiger partial charge in [-0.2, -0.15) is 14.7 Å². The minimum atomic E-state index is -3.51. The van der Waals surface area contributed by atoms with Crippen molar-refractivity contribution < 1.29 is 27.5 Å². The molecule has 15 heteroatoms. The molecule has 1 aliphatic heterocycles. The SMILES string of the molecule is CCOC(=O)N1CCN(c2cc(N(Cc3cccc(S(C)(=O)=O)c3)C(=O)OC(C)(C)C)n3nc(C)c(-c4ccc5c(c4)c(C)nn5C)c3n2)CC1. The Kier molecular flexibility index (Phi) is 9.44. The molecule has 2 amide bonds. The Morgan fingerprint density at radius 2 is 1.69 bits per heavy atom. The molecule has 3 aromatic heterocycles. The Morgan fingerprint density at radius 3 is 2.35 bits per heavy atom. The van der Waals surface area contributed by atoms with Crippen molar-refractivity contribution in [2.24, 2.45) is 7.05 Å². The largest absolute Gasteiger partial charge is 0.450 e. The summed E-state index contributed by atoms with van der Waals surface area (Å²) >= 11 is 0. The van der Waals surface area contributed by atoms with Crippen molar-refractivity contribution >= 4 is 50.2 Å². The van der Waals surface area contributed by atoms with Gasteiger partial charge in [0.25, 0.3) is 0 Å². The number of nitrogens with zero attached hydrogens (tertiary/aromatic N) is 8. The van der Waals surface area contributed by atoms with Crippen LogP contribution < -0.4 is 9.80 Å². The smallest absolute Gasteiger partial charge is 0.416 e. The van der Waals surface area contributed by atoms with E-state index in [0.717, 1.165) is 34.0 Å². The standard InChI is InChI=1S/C36H44N8O6S/c1-9-49-34(45)42-17-15-41(16-18-42)30-21-31(43(35(46)50-36(4,5)6)22-25-11-10-12-27(19-25)51(8,47)48)44-33(37-30)32(24(3)39-44)26-13-14-29-28(20-26)23(2)38-40(29)7/h10-14,19-21H,9,15-18,22H2,1-8H3. The van der Waals surface area contributed by atoms with Crippen LogP contribution in [0.25, 0.3) is 27.7 Å². The lowest BCUT2D eigenvalue weighted by Gasteiger charge is -2.35. The van der Waals surface area contributed by atoms with Crippen LogP contribution in [-0.4, -0.2) is 94.5 Å². The number of anilines is 2. The number of aryl methyl sites for hydroxylation is 3. The number of hydrogen-bond donors (Lipinski definition) is 0. The van der Waals surface area contributed by atoms with Gasteiger partial charge in [-0.25, -0.2) is 23.0 Å². The molecule has 0 unspecified atom stereocenters. The van der Waals surface area contributed by atoms with Gasteiger partial charge in [0.05, 0.1) is 35.0 Å². The molecule has 0 bridgehead atoms. The first-order valence-electron chi connectivity index (χ1n) is 16.8. The van der Waals surface area contributed by atoms with Crippen LogP contribution in [0.15, 0.2) is 53.4 Å². The number of ether oxygens (including phenoxy) is 2. The molecule has 51 heavy (non-hydrogen) atoms. The molecule has 0 aliphatic carbocycles. The average Bonchev–Trinajstić information content (AvgIpc) is 3.55. The Hall–Kier alpha value is -5.18. The first-order chi connectivity index (χ1) is 24.0. The van der Waals surface area contributed by atoms with Gasteiger partial charge in [-0.1, -0.05) is 18.2 Å². The minimum Gasteiger partial charge on any atom is -0.450 e. The lowest BCUT2D eigenvalue weighted by molar-refractivity contribution is 0.0575. The Bertz CT molecular complexity index is 2250. The van der Waals surface area contributed by atoms with Gasteiger partial charge in [0.2, 0.25) is 0 Å². The van der Waals surface area contributed by atoms with E-state index in [1.54, 1.807) is 61.4 Å². The molecule has 1 aliphatic rings. The lowest BCUT2D eigenvalue weighted by atomic mass is 10.0. The normalized spacial score (nSPS) is 14.0. The number of rotatable bonds is 7. The fourth-order valence-corrected chi connectivity index (χ4v) is 7.02. The third-order valence-corrected chi connectivity index (χ3v) is 9.85. The quantitative estimate of drug-likeness (QED) is 0.211. The second-order valence-corrected chi connectivity index (χ2v) is 15.8. The summed E-state index contributed by atoms with van der Waals surface area (Å²) in [6.45, 7) is 13.1. The maximum Gasteiger partial charge on any atom is 0.416 e. The summed E-state index contributed by atoms with van der Waals surface area (Å²) in [4.78, 5) is 37.1. The summed E-state index contributed by atoms with van der Waals surface area (Å²) in [7, 11) is -1.60. The molecule has 0 spiro atoms. The summed E-state index contributed by atoms with van der Waals surface area (Å²) < 4.78 is 39.6. The highest BCUT2D eigenvalue weighted by Crippen LogP contribution is 2.35. The van der Waals surface area contributed by atoms with Crippen LogP contribution in [0.3, 0.4) is 0 Å². The van der Waals surface area contributed by atoms with E-state index in [4.69, 9.17) is 19.6 Å². The number of carbonyl (C=O) groups excluding carboxylic acids is 2. The van der Waals surface area contributed by atoms with E-state index < -0.39 is 21.5 Å². The molecule has 0 N–H and O–H groups in total. The first kappa shape index (κ1) is 35.6. The van der Waals surface area contributed by atoms with Gasteiger partial charge in [-0.05, 0) is 76.9 Å². The van der Waals surface area contributed by atoms with Crippen molar-refractivity contribution in [3.05, 3.63) is 65.5 Å². The minimum absolute atomic E-state index is 0.0114. The summed E-state index contributed by atoms with van der Waals surface area (Å²) in [6, 6.07) is 14.4.